The first-order valence-electron chi connectivity index (χ1n) is 10.00. The maximum absolute atomic E-state index is 13.0. The van der Waals surface area contributed by atoms with Crippen LogP contribution in [0.25, 0.3) is 0 Å². The molecule has 1 unspecified atom stereocenters. The normalized spacial score (nSPS) is 16.4. The van der Waals surface area contributed by atoms with Crippen molar-refractivity contribution in [1.29, 1.82) is 0 Å². The highest BCUT2D eigenvalue weighted by atomic mass is 32.2. The highest BCUT2D eigenvalue weighted by Gasteiger charge is 2.32. The molecule has 166 valence electrons. The quantitative estimate of drug-likeness (QED) is 0.707. The maximum Gasteiger partial charge on any atom is 0.243 e. The van der Waals surface area contributed by atoms with Crippen LogP contribution < -0.4 is 10.1 Å². The lowest BCUT2D eigenvalue weighted by molar-refractivity contribution is -0.132. The third-order valence-corrected chi connectivity index (χ3v) is 7.13. The molecule has 0 aromatic heterocycles. The van der Waals surface area contributed by atoms with Gasteiger partial charge in [-0.05, 0) is 54.8 Å². The minimum absolute atomic E-state index is 0.0602. The largest absolute Gasteiger partial charge is 0.497 e. The van der Waals surface area contributed by atoms with E-state index in [2.05, 4.69) is 5.32 Å². The molecule has 3 rings (SSSR count). The van der Waals surface area contributed by atoms with E-state index in [1.54, 1.807) is 12.0 Å². The summed E-state index contributed by atoms with van der Waals surface area (Å²) in [5.41, 5.74) is 1.51. The Morgan fingerprint density at radius 3 is 2.35 bits per heavy atom. The Balaban J connectivity index is 1.70. The highest BCUT2D eigenvalue weighted by molar-refractivity contribution is 7.89. The molecule has 0 spiro atoms. The smallest absolute Gasteiger partial charge is 0.243 e. The van der Waals surface area contributed by atoms with Gasteiger partial charge in [0.2, 0.25) is 21.8 Å². The minimum Gasteiger partial charge on any atom is -0.497 e. The van der Waals surface area contributed by atoms with Crippen molar-refractivity contribution in [3.05, 3.63) is 54.1 Å². The summed E-state index contributed by atoms with van der Waals surface area (Å²) in [7, 11) is -0.846. The van der Waals surface area contributed by atoms with E-state index < -0.39 is 10.0 Å². The standard InChI is InChI=1S/C22H27N3O5S/c1-16(26)23-18-8-12-20(13-9-18)31(28,29)24(2)15-22(27)25-14-4-5-21(25)17-6-10-19(30-3)11-7-17/h6-13,21H,4-5,14-15H2,1-3H3,(H,23,26). The summed E-state index contributed by atoms with van der Waals surface area (Å²) in [4.78, 5) is 25.9. The van der Waals surface area contributed by atoms with E-state index in [1.165, 1.54) is 38.2 Å². The van der Waals surface area contributed by atoms with Crippen molar-refractivity contribution >= 4 is 27.5 Å². The number of carbonyl (C=O) groups is 2. The number of nitrogens with one attached hydrogen (secondary N) is 1. The second kappa shape index (κ2) is 9.49. The molecular formula is C22H27N3O5S. The number of likely N-dealkylation sites (N-methyl/N-ethyl adjacent to an activating group) is 1. The lowest BCUT2D eigenvalue weighted by Gasteiger charge is -2.27. The molecule has 1 aliphatic heterocycles. The minimum atomic E-state index is -3.84. The number of hydrogen-bond acceptors (Lipinski definition) is 5. The van der Waals surface area contributed by atoms with Gasteiger partial charge in [0.25, 0.3) is 0 Å². The first-order valence-corrected chi connectivity index (χ1v) is 11.4. The summed E-state index contributed by atoms with van der Waals surface area (Å²) in [5.74, 6) is 0.268. The van der Waals surface area contributed by atoms with Crippen molar-refractivity contribution < 1.29 is 22.7 Å². The average Bonchev–Trinajstić information content (AvgIpc) is 3.24. The Bertz CT molecular complexity index is 1040. The number of methoxy groups -OCH3 is 1. The van der Waals surface area contributed by atoms with Crippen LogP contribution in [0.3, 0.4) is 0 Å². The summed E-state index contributed by atoms with van der Waals surface area (Å²) in [6.07, 6.45) is 1.70. The van der Waals surface area contributed by atoms with E-state index in [9.17, 15) is 18.0 Å². The molecule has 31 heavy (non-hydrogen) atoms. The summed E-state index contributed by atoms with van der Waals surface area (Å²) in [5, 5.41) is 2.59. The Hall–Kier alpha value is -2.91. The molecule has 1 N–H and O–H groups in total. The summed E-state index contributed by atoms with van der Waals surface area (Å²) in [6, 6.07) is 13.4. The fraction of sp³-hybridized carbons (Fsp3) is 0.364. The molecule has 2 amide bonds. The van der Waals surface area contributed by atoms with Crippen LogP contribution in [0.1, 0.15) is 31.4 Å². The lowest BCUT2D eigenvalue weighted by Crippen LogP contribution is -2.40. The number of carbonyl (C=O) groups excluding carboxylic acids is 2. The second-order valence-electron chi connectivity index (χ2n) is 7.48. The van der Waals surface area contributed by atoms with E-state index in [-0.39, 0.29) is 29.3 Å². The molecule has 8 nitrogen and oxygen atoms in total. The number of rotatable bonds is 7. The molecule has 0 radical (unpaired) electrons. The van der Waals surface area contributed by atoms with Gasteiger partial charge >= 0.3 is 0 Å². The van der Waals surface area contributed by atoms with Crippen LogP contribution >= 0.6 is 0 Å². The number of nitrogens with zero attached hydrogens (tertiary/aromatic N) is 2. The molecule has 9 heteroatoms. The van der Waals surface area contributed by atoms with Crippen LogP contribution in [0.15, 0.2) is 53.4 Å². The monoisotopic (exact) mass is 445 g/mol. The number of benzene rings is 2. The van der Waals surface area contributed by atoms with Gasteiger partial charge in [0.05, 0.1) is 24.6 Å². The zero-order valence-electron chi connectivity index (χ0n) is 17.9. The third kappa shape index (κ3) is 5.23. The number of sulfonamides is 1. The molecule has 0 bridgehead atoms. The molecular weight excluding hydrogens is 418 g/mol. The van der Waals surface area contributed by atoms with Gasteiger partial charge in [0, 0.05) is 26.2 Å². The van der Waals surface area contributed by atoms with Gasteiger partial charge in [-0.3, -0.25) is 9.59 Å². The van der Waals surface area contributed by atoms with Gasteiger partial charge in [-0.15, -0.1) is 0 Å². The molecule has 0 aliphatic carbocycles. The molecule has 1 fully saturated rings. The Labute approximate surface area is 182 Å². The predicted octanol–water partition coefficient (Wildman–Crippen LogP) is 2.64. The number of anilines is 1. The van der Waals surface area contributed by atoms with Crippen LogP contribution in [0, 0.1) is 0 Å². The number of likely N-dealkylation sites (tertiary alicyclic amines) is 1. The topological polar surface area (TPSA) is 96.0 Å². The summed E-state index contributed by atoms with van der Waals surface area (Å²) >= 11 is 0. The van der Waals surface area contributed by atoms with E-state index in [0.717, 1.165) is 28.5 Å². The van der Waals surface area contributed by atoms with Crippen molar-refractivity contribution in [3.8, 4) is 5.75 Å². The Kier molecular flexibility index (Phi) is 6.97. The van der Waals surface area contributed by atoms with Gasteiger partial charge in [-0.25, -0.2) is 8.42 Å². The molecule has 0 saturated carbocycles. The fourth-order valence-corrected chi connectivity index (χ4v) is 4.82. The van der Waals surface area contributed by atoms with Crippen molar-refractivity contribution in [1.82, 2.24) is 9.21 Å². The molecule has 2 aromatic carbocycles. The van der Waals surface area contributed by atoms with Crippen LogP contribution in [0.5, 0.6) is 5.75 Å². The van der Waals surface area contributed by atoms with E-state index in [0.29, 0.717) is 12.2 Å². The van der Waals surface area contributed by atoms with Gasteiger partial charge in [-0.2, -0.15) is 4.31 Å². The summed E-state index contributed by atoms with van der Waals surface area (Å²) < 4.78 is 32.0. The van der Waals surface area contributed by atoms with Gasteiger partial charge in [0.15, 0.2) is 0 Å². The third-order valence-electron chi connectivity index (χ3n) is 5.31. The first-order chi connectivity index (χ1) is 14.7. The maximum atomic E-state index is 13.0. The zero-order chi connectivity index (χ0) is 22.6. The van der Waals surface area contributed by atoms with Crippen molar-refractivity contribution in [2.24, 2.45) is 0 Å². The SMILES string of the molecule is COc1ccc(C2CCCN2C(=O)CN(C)S(=O)(=O)c2ccc(NC(C)=O)cc2)cc1. The van der Waals surface area contributed by atoms with E-state index in [1.807, 2.05) is 24.3 Å². The molecule has 1 saturated heterocycles. The number of amides is 2. The van der Waals surface area contributed by atoms with Crippen molar-refractivity contribution in [2.75, 3.05) is 32.6 Å². The number of hydrogen-bond donors (Lipinski definition) is 1. The van der Waals surface area contributed by atoms with Crippen molar-refractivity contribution in [3.63, 3.8) is 0 Å². The predicted molar refractivity (Wildman–Crippen MR) is 117 cm³/mol. The van der Waals surface area contributed by atoms with Gasteiger partial charge in [-0.1, -0.05) is 12.1 Å². The Morgan fingerprint density at radius 2 is 1.77 bits per heavy atom. The van der Waals surface area contributed by atoms with E-state index >= 15 is 0 Å². The van der Waals surface area contributed by atoms with E-state index in [4.69, 9.17) is 4.74 Å². The molecule has 2 aromatic rings. The van der Waals surface area contributed by atoms with Crippen LogP contribution in [0.4, 0.5) is 5.69 Å². The van der Waals surface area contributed by atoms with Crippen LogP contribution in [0.2, 0.25) is 0 Å². The number of ether oxygens (including phenoxy) is 1. The first kappa shape index (κ1) is 22.8. The average molecular weight is 446 g/mol. The molecule has 1 heterocycles. The fourth-order valence-electron chi connectivity index (χ4n) is 3.70. The highest BCUT2D eigenvalue weighted by Crippen LogP contribution is 2.33. The summed E-state index contributed by atoms with van der Waals surface area (Å²) in [6.45, 7) is 1.72. The van der Waals surface area contributed by atoms with Crippen LogP contribution in [-0.4, -0.2) is 56.7 Å². The Morgan fingerprint density at radius 1 is 1.13 bits per heavy atom. The van der Waals surface area contributed by atoms with Crippen molar-refractivity contribution in [2.45, 2.75) is 30.7 Å². The zero-order valence-corrected chi connectivity index (χ0v) is 18.7. The lowest BCUT2D eigenvalue weighted by atomic mass is 10.0. The van der Waals surface area contributed by atoms with Crippen LogP contribution in [-0.2, 0) is 19.6 Å². The van der Waals surface area contributed by atoms with Gasteiger partial charge in [0.1, 0.15) is 5.75 Å². The molecule has 1 aliphatic rings. The second-order valence-corrected chi connectivity index (χ2v) is 9.53. The molecule has 1 atom stereocenters. The van der Waals surface area contributed by atoms with Gasteiger partial charge < -0.3 is 15.0 Å².